The highest BCUT2D eigenvalue weighted by molar-refractivity contribution is 14.1. The van der Waals surface area contributed by atoms with E-state index in [1.165, 1.54) is 23.7 Å². The molecule has 0 spiro atoms. The fraction of sp³-hybridized carbons (Fsp3) is 0.882. The van der Waals surface area contributed by atoms with Crippen LogP contribution in [-0.2, 0) is 23.7 Å². The van der Waals surface area contributed by atoms with Crippen LogP contribution in [0, 0.1) is 0 Å². The van der Waals surface area contributed by atoms with Gasteiger partial charge in [-0.15, -0.1) is 6.58 Å². The largest absolute Gasteiger partial charge is 0.379 e. The predicted octanol–water partition coefficient (Wildman–Crippen LogP) is 3.25. The molecule has 0 unspecified atom stereocenters. The van der Waals surface area contributed by atoms with Gasteiger partial charge >= 0.3 is 0 Å². The highest BCUT2D eigenvalue weighted by Gasteiger charge is 1.93. The van der Waals surface area contributed by atoms with Crippen LogP contribution in [0.3, 0.4) is 0 Å². The molecule has 0 saturated heterocycles. The Morgan fingerprint density at radius 1 is 0.565 bits per heavy atom. The number of hydrogen-bond donors (Lipinski definition) is 0. The molecular weight excluding hydrogens is 411 g/mol. The summed E-state index contributed by atoms with van der Waals surface area (Å²) in [7, 11) is 0. The van der Waals surface area contributed by atoms with E-state index in [1.54, 1.807) is 6.08 Å². The fourth-order valence-electron chi connectivity index (χ4n) is 1.70. The van der Waals surface area contributed by atoms with Gasteiger partial charge in [0.15, 0.2) is 0 Å². The van der Waals surface area contributed by atoms with E-state index in [0.717, 1.165) is 13.0 Å². The van der Waals surface area contributed by atoms with Gasteiger partial charge in [0.1, 0.15) is 0 Å². The molecule has 0 rings (SSSR count). The Balaban J connectivity index is 2.93. The minimum Gasteiger partial charge on any atom is -0.379 e. The third-order valence-corrected chi connectivity index (χ3v) is 3.66. The molecule has 0 aromatic heterocycles. The van der Waals surface area contributed by atoms with Crippen molar-refractivity contribution in [3.63, 3.8) is 0 Å². The SMILES string of the molecule is C=CCOCCOCCOCCOCCOCCCCCCI. The first-order valence-corrected chi connectivity index (χ1v) is 10.00. The van der Waals surface area contributed by atoms with E-state index in [4.69, 9.17) is 23.7 Å². The number of alkyl halides is 1. The van der Waals surface area contributed by atoms with E-state index in [9.17, 15) is 0 Å². The first-order valence-electron chi connectivity index (χ1n) is 8.47. The zero-order valence-corrected chi connectivity index (χ0v) is 16.5. The van der Waals surface area contributed by atoms with Crippen LogP contribution in [0.1, 0.15) is 25.7 Å². The topological polar surface area (TPSA) is 46.2 Å². The molecule has 0 radical (unpaired) electrons. The minimum absolute atomic E-state index is 0.569. The van der Waals surface area contributed by atoms with E-state index >= 15 is 0 Å². The lowest BCUT2D eigenvalue weighted by Gasteiger charge is -2.07. The normalized spacial score (nSPS) is 11.0. The van der Waals surface area contributed by atoms with Crippen LogP contribution in [0.2, 0.25) is 0 Å². The first-order chi connectivity index (χ1) is 11.4. The average molecular weight is 444 g/mol. The third kappa shape index (κ3) is 22.3. The molecule has 5 nitrogen and oxygen atoms in total. The number of ether oxygens (including phenoxy) is 5. The second kappa shape index (κ2) is 22.3. The third-order valence-electron chi connectivity index (χ3n) is 2.90. The van der Waals surface area contributed by atoms with Crippen molar-refractivity contribution in [2.24, 2.45) is 0 Å². The summed E-state index contributed by atoms with van der Waals surface area (Å²) in [5, 5.41) is 0. The first kappa shape index (κ1) is 23.3. The van der Waals surface area contributed by atoms with Gasteiger partial charge in [-0.3, -0.25) is 0 Å². The summed E-state index contributed by atoms with van der Waals surface area (Å²) in [6.07, 6.45) is 6.77. The van der Waals surface area contributed by atoms with Gasteiger partial charge in [-0.1, -0.05) is 41.5 Å². The van der Waals surface area contributed by atoms with Crippen LogP contribution in [0.5, 0.6) is 0 Å². The molecule has 23 heavy (non-hydrogen) atoms. The standard InChI is InChI=1S/C17H33IO5/c1-2-8-19-10-12-21-14-16-23-17-15-22-13-11-20-9-6-4-3-5-7-18/h2H,1,3-17H2. The highest BCUT2D eigenvalue weighted by atomic mass is 127. The molecule has 0 aliphatic carbocycles. The molecule has 0 aliphatic heterocycles. The Kier molecular flexibility index (Phi) is 22.5. The molecule has 0 bridgehead atoms. The average Bonchev–Trinajstić information content (AvgIpc) is 2.57. The quantitative estimate of drug-likeness (QED) is 0.125. The molecule has 0 atom stereocenters. The second-order valence-corrected chi connectivity index (χ2v) is 6.00. The number of halogens is 1. The van der Waals surface area contributed by atoms with Gasteiger partial charge in [-0.2, -0.15) is 0 Å². The van der Waals surface area contributed by atoms with Gasteiger partial charge in [0.25, 0.3) is 0 Å². The van der Waals surface area contributed by atoms with Crippen LogP contribution < -0.4 is 0 Å². The van der Waals surface area contributed by atoms with E-state index in [0.29, 0.717) is 59.5 Å². The highest BCUT2D eigenvalue weighted by Crippen LogP contribution is 2.02. The Hall–Kier alpha value is 0.270. The van der Waals surface area contributed by atoms with E-state index in [2.05, 4.69) is 29.2 Å². The van der Waals surface area contributed by atoms with E-state index < -0.39 is 0 Å². The summed E-state index contributed by atoms with van der Waals surface area (Å²) in [4.78, 5) is 0. The lowest BCUT2D eigenvalue weighted by molar-refractivity contribution is -0.00958. The van der Waals surface area contributed by atoms with Gasteiger partial charge in [-0.05, 0) is 17.3 Å². The van der Waals surface area contributed by atoms with Crippen LogP contribution >= 0.6 is 22.6 Å². The van der Waals surface area contributed by atoms with Gasteiger partial charge in [0.2, 0.25) is 0 Å². The van der Waals surface area contributed by atoms with E-state index in [1.807, 2.05) is 0 Å². The molecule has 0 saturated carbocycles. The van der Waals surface area contributed by atoms with Crippen LogP contribution in [-0.4, -0.2) is 70.5 Å². The zero-order chi connectivity index (χ0) is 16.8. The summed E-state index contributed by atoms with van der Waals surface area (Å²) in [6.45, 7) is 9.81. The maximum atomic E-state index is 5.51. The van der Waals surface area contributed by atoms with Gasteiger partial charge in [0, 0.05) is 6.61 Å². The summed E-state index contributed by atoms with van der Waals surface area (Å²) in [6, 6.07) is 0. The minimum atomic E-state index is 0.569. The predicted molar refractivity (Wildman–Crippen MR) is 102 cm³/mol. The molecule has 0 aromatic carbocycles. The lowest BCUT2D eigenvalue weighted by atomic mass is 10.2. The van der Waals surface area contributed by atoms with Crippen LogP contribution in [0.25, 0.3) is 0 Å². The summed E-state index contributed by atoms with van der Waals surface area (Å²) in [5.74, 6) is 0. The van der Waals surface area contributed by atoms with Crippen LogP contribution in [0.4, 0.5) is 0 Å². The van der Waals surface area contributed by atoms with Crippen LogP contribution in [0.15, 0.2) is 12.7 Å². The zero-order valence-electron chi connectivity index (χ0n) is 14.3. The molecule has 0 aliphatic rings. The van der Waals surface area contributed by atoms with E-state index in [-0.39, 0.29) is 0 Å². The van der Waals surface area contributed by atoms with Crippen molar-refractivity contribution in [2.75, 3.05) is 70.5 Å². The number of hydrogen-bond acceptors (Lipinski definition) is 5. The van der Waals surface area contributed by atoms with Crippen molar-refractivity contribution in [2.45, 2.75) is 25.7 Å². The second-order valence-electron chi connectivity index (χ2n) is 4.92. The number of unbranched alkanes of at least 4 members (excludes halogenated alkanes) is 3. The lowest BCUT2D eigenvalue weighted by Crippen LogP contribution is -2.13. The van der Waals surface area contributed by atoms with Gasteiger partial charge < -0.3 is 23.7 Å². The molecule has 0 aromatic rings. The van der Waals surface area contributed by atoms with Crippen molar-refractivity contribution in [3.05, 3.63) is 12.7 Å². The molecule has 0 amide bonds. The summed E-state index contributed by atoms with van der Waals surface area (Å²) >= 11 is 2.42. The van der Waals surface area contributed by atoms with Crippen molar-refractivity contribution < 1.29 is 23.7 Å². The van der Waals surface area contributed by atoms with Gasteiger partial charge in [0.05, 0.1) is 59.5 Å². The fourth-order valence-corrected chi connectivity index (χ4v) is 2.24. The molecule has 0 fully saturated rings. The molecule has 0 heterocycles. The number of rotatable bonds is 20. The van der Waals surface area contributed by atoms with Gasteiger partial charge in [-0.25, -0.2) is 0 Å². The van der Waals surface area contributed by atoms with Crippen molar-refractivity contribution in [1.29, 1.82) is 0 Å². The maximum absolute atomic E-state index is 5.51. The molecule has 0 N–H and O–H groups in total. The Labute approximate surface area is 155 Å². The maximum Gasteiger partial charge on any atom is 0.0704 e. The summed E-state index contributed by atoms with van der Waals surface area (Å²) < 4.78 is 28.1. The Morgan fingerprint density at radius 2 is 1.00 bits per heavy atom. The smallest absolute Gasteiger partial charge is 0.0704 e. The van der Waals surface area contributed by atoms with Crippen molar-refractivity contribution >= 4 is 22.6 Å². The monoisotopic (exact) mass is 444 g/mol. The molecule has 6 heteroatoms. The van der Waals surface area contributed by atoms with Crippen molar-refractivity contribution in [3.8, 4) is 0 Å². The molecule has 138 valence electrons. The van der Waals surface area contributed by atoms with Crippen molar-refractivity contribution in [1.82, 2.24) is 0 Å². The molecular formula is C17H33IO5. The Bertz CT molecular complexity index is 229. The summed E-state index contributed by atoms with van der Waals surface area (Å²) in [5.41, 5.74) is 0. The Morgan fingerprint density at radius 3 is 1.48 bits per heavy atom.